The Hall–Kier alpha value is -0.800. The zero-order chi connectivity index (χ0) is 10.1. The lowest BCUT2D eigenvalue weighted by molar-refractivity contribution is 0.477. The van der Waals surface area contributed by atoms with Gasteiger partial charge in [-0.15, -0.1) is 0 Å². The van der Waals surface area contributed by atoms with Crippen molar-refractivity contribution in [3.8, 4) is 0 Å². The molecule has 2 atom stereocenters. The molecule has 2 aliphatic heterocycles. The molecule has 1 fully saturated rings. The third-order valence-corrected chi connectivity index (χ3v) is 4.31. The van der Waals surface area contributed by atoms with Gasteiger partial charge in [0.05, 0.1) is 11.1 Å². The van der Waals surface area contributed by atoms with Gasteiger partial charge in [-0.05, 0) is 13.0 Å². The minimum atomic E-state index is 0.548. The van der Waals surface area contributed by atoms with E-state index in [9.17, 15) is 0 Å². The van der Waals surface area contributed by atoms with Gasteiger partial charge in [0.2, 0.25) is 0 Å². The van der Waals surface area contributed by atoms with Crippen LogP contribution in [-0.4, -0.2) is 29.4 Å². The molecule has 2 aliphatic rings. The van der Waals surface area contributed by atoms with Crippen LogP contribution >= 0.6 is 11.8 Å². The summed E-state index contributed by atoms with van der Waals surface area (Å²) in [6, 6.07) is 11.1. The molecule has 2 heterocycles. The van der Waals surface area contributed by atoms with E-state index in [1.165, 1.54) is 17.0 Å². The fourth-order valence-corrected chi connectivity index (χ4v) is 3.44. The Balaban J connectivity index is 1.84. The van der Waals surface area contributed by atoms with E-state index in [1.54, 1.807) is 0 Å². The van der Waals surface area contributed by atoms with Crippen molar-refractivity contribution in [1.29, 1.82) is 0 Å². The zero-order valence-corrected chi connectivity index (χ0v) is 9.33. The average molecular weight is 218 g/mol. The van der Waals surface area contributed by atoms with Crippen LogP contribution in [0.5, 0.6) is 0 Å². The summed E-state index contributed by atoms with van der Waals surface area (Å²) in [6.07, 6.45) is 1.19. The summed E-state index contributed by atoms with van der Waals surface area (Å²) in [5, 5.41) is 5.33. The summed E-state index contributed by atoms with van der Waals surface area (Å²) in [7, 11) is 0. The molecule has 2 nitrogen and oxygen atoms in total. The van der Waals surface area contributed by atoms with Gasteiger partial charge in [-0.1, -0.05) is 42.1 Å². The summed E-state index contributed by atoms with van der Waals surface area (Å²) in [5.41, 5.74) is 1.27. The van der Waals surface area contributed by atoms with Gasteiger partial charge >= 0.3 is 0 Å². The first-order valence-electron chi connectivity index (χ1n) is 5.44. The molecule has 0 radical (unpaired) electrons. The van der Waals surface area contributed by atoms with Crippen molar-refractivity contribution in [3.05, 3.63) is 35.9 Å². The predicted molar refractivity (Wildman–Crippen MR) is 65.6 cm³/mol. The predicted octanol–water partition coefficient (Wildman–Crippen LogP) is 1.91. The normalized spacial score (nSPS) is 29.7. The van der Waals surface area contributed by atoms with Gasteiger partial charge in [0.25, 0.3) is 0 Å². The van der Waals surface area contributed by atoms with E-state index >= 15 is 0 Å². The lowest BCUT2D eigenvalue weighted by atomic mass is 10.1. The van der Waals surface area contributed by atoms with Gasteiger partial charge in [-0.3, -0.25) is 4.99 Å². The van der Waals surface area contributed by atoms with Crippen LogP contribution < -0.4 is 5.32 Å². The number of hydrogen-bond acceptors (Lipinski definition) is 3. The Morgan fingerprint density at radius 2 is 2.13 bits per heavy atom. The Labute approximate surface area is 94.2 Å². The molecule has 1 aromatic carbocycles. The molecule has 0 aromatic heterocycles. The molecule has 1 N–H and O–H groups in total. The van der Waals surface area contributed by atoms with Crippen molar-refractivity contribution in [2.24, 2.45) is 4.99 Å². The van der Waals surface area contributed by atoms with E-state index in [2.05, 4.69) is 35.6 Å². The third-order valence-electron chi connectivity index (χ3n) is 2.96. The molecule has 0 amide bonds. The van der Waals surface area contributed by atoms with E-state index in [0.717, 1.165) is 13.1 Å². The number of fused-ring (bicyclic) bond motifs is 1. The van der Waals surface area contributed by atoms with Crippen LogP contribution in [0.25, 0.3) is 0 Å². The van der Waals surface area contributed by atoms with Gasteiger partial charge in [0.15, 0.2) is 0 Å². The number of nitrogens with one attached hydrogen (secondary N) is 1. The van der Waals surface area contributed by atoms with Gasteiger partial charge in [-0.25, -0.2) is 0 Å². The van der Waals surface area contributed by atoms with Crippen molar-refractivity contribution in [1.82, 2.24) is 5.32 Å². The quantitative estimate of drug-likeness (QED) is 0.778. The molecular formula is C12H14N2S. The maximum atomic E-state index is 4.82. The lowest BCUT2D eigenvalue weighted by Crippen LogP contribution is -2.39. The molecule has 0 spiro atoms. The highest BCUT2D eigenvalue weighted by molar-refractivity contribution is 8.15. The van der Waals surface area contributed by atoms with Crippen molar-refractivity contribution >= 4 is 16.8 Å². The van der Waals surface area contributed by atoms with E-state index in [4.69, 9.17) is 4.99 Å². The largest absolute Gasteiger partial charge is 0.315 e. The summed E-state index contributed by atoms with van der Waals surface area (Å²) < 4.78 is 0. The zero-order valence-electron chi connectivity index (χ0n) is 8.52. The monoisotopic (exact) mass is 218 g/mol. The summed E-state index contributed by atoms with van der Waals surface area (Å²) in [4.78, 5) is 4.82. The minimum absolute atomic E-state index is 0.548. The van der Waals surface area contributed by atoms with Crippen LogP contribution in [-0.2, 0) is 0 Å². The van der Waals surface area contributed by atoms with E-state index < -0.39 is 0 Å². The van der Waals surface area contributed by atoms with Crippen LogP contribution in [0.1, 0.15) is 12.0 Å². The van der Waals surface area contributed by atoms with Gasteiger partial charge in [0.1, 0.15) is 0 Å². The van der Waals surface area contributed by atoms with Gasteiger partial charge in [0, 0.05) is 17.4 Å². The van der Waals surface area contributed by atoms with Crippen molar-refractivity contribution < 1.29 is 0 Å². The summed E-state index contributed by atoms with van der Waals surface area (Å²) >= 11 is 1.94. The molecule has 0 saturated carbocycles. The molecular weight excluding hydrogens is 204 g/mol. The van der Waals surface area contributed by atoms with E-state index in [-0.39, 0.29) is 0 Å². The molecule has 1 saturated heterocycles. The summed E-state index contributed by atoms with van der Waals surface area (Å²) in [5.74, 6) is 0. The second-order valence-electron chi connectivity index (χ2n) is 4.02. The maximum absolute atomic E-state index is 4.82. The highest BCUT2D eigenvalue weighted by Crippen LogP contribution is 2.32. The Kier molecular flexibility index (Phi) is 2.51. The first kappa shape index (κ1) is 9.43. The topological polar surface area (TPSA) is 24.4 Å². The van der Waals surface area contributed by atoms with Crippen LogP contribution in [0.2, 0.25) is 0 Å². The van der Waals surface area contributed by atoms with Crippen molar-refractivity contribution in [2.75, 3.05) is 13.1 Å². The maximum Gasteiger partial charge on any atom is 0.0984 e. The molecule has 0 bridgehead atoms. The Morgan fingerprint density at radius 1 is 1.27 bits per heavy atom. The second kappa shape index (κ2) is 3.99. The molecule has 78 valence electrons. The fourth-order valence-electron chi connectivity index (χ4n) is 2.13. The number of piperidine rings is 1. The van der Waals surface area contributed by atoms with Crippen LogP contribution in [0.15, 0.2) is 35.3 Å². The summed E-state index contributed by atoms with van der Waals surface area (Å²) in [6.45, 7) is 2.22. The molecule has 3 heteroatoms. The number of rotatable bonds is 1. The van der Waals surface area contributed by atoms with Crippen molar-refractivity contribution in [3.63, 3.8) is 0 Å². The molecule has 2 unspecified atom stereocenters. The molecule has 1 aromatic rings. The number of aliphatic imine (C=N–C) groups is 1. The van der Waals surface area contributed by atoms with E-state index in [0.29, 0.717) is 11.3 Å². The first-order valence-corrected chi connectivity index (χ1v) is 6.32. The number of nitrogens with zero attached hydrogens (tertiary/aromatic N) is 1. The Morgan fingerprint density at radius 3 is 2.93 bits per heavy atom. The number of thioether (sulfide) groups is 1. The fraction of sp³-hybridized carbons (Fsp3) is 0.417. The average Bonchev–Trinajstić information content (AvgIpc) is 2.74. The highest BCUT2D eigenvalue weighted by Gasteiger charge is 2.32. The minimum Gasteiger partial charge on any atom is -0.315 e. The standard InChI is InChI=1S/C12H14N2S/c1-2-4-9(5-3-1)12-14-10-6-7-13-8-11(10)15-12/h1-5,10-11,13H,6-8H2. The smallest absolute Gasteiger partial charge is 0.0984 e. The van der Waals surface area contributed by atoms with Gasteiger partial charge < -0.3 is 5.32 Å². The number of benzene rings is 1. The first-order chi connectivity index (χ1) is 7.43. The number of hydrogen-bond donors (Lipinski definition) is 1. The SMILES string of the molecule is c1ccc(C2=NC3CCNCC3S2)cc1. The van der Waals surface area contributed by atoms with Crippen LogP contribution in [0, 0.1) is 0 Å². The van der Waals surface area contributed by atoms with Crippen LogP contribution in [0.3, 0.4) is 0 Å². The molecule has 15 heavy (non-hydrogen) atoms. The third kappa shape index (κ3) is 1.82. The van der Waals surface area contributed by atoms with Gasteiger partial charge in [-0.2, -0.15) is 0 Å². The highest BCUT2D eigenvalue weighted by atomic mass is 32.2. The second-order valence-corrected chi connectivity index (χ2v) is 5.24. The van der Waals surface area contributed by atoms with Crippen molar-refractivity contribution in [2.45, 2.75) is 17.7 Å². The lowest BCUT2D eigenvalue weighted by Gasteiger charge is -2.22. The van der Waals surface area contributed by atoms with Crippen LogP contribution in [0.4, 0.5) is 0 Å². The van der Waals surface area contributed by atoms with E-state index in [1.807, 2.05) is 11.8 Å². The molecule has 0 aliphatic carbocycles. The molecule has 3 rings (SSSR count). The Bertz CT molecular complexity index is 374.